The van der Waals surface area contributed by atoms with Gasteiger partial charge in [-0.05, 0) is 66.5 Å². The molecule has 3 aromatic rings. The normalized spacial score (nSPS) is 13.0. The number of rotatable bonds is 5. The van der Waals surface area contributed by atoms with Crippen LogP contribution in [0.15, 0.2) is 53.5 Å². The average Bonchev–Trinajstić information content (AvgIpc) is 3.17. The van der Waals surface area contributed by atoms with Gasteiger partial charge >= 0.3 is 12.3 Å². The Morgan fingerprint density at radius 1 is 1.16 bits per heavy atom. The van der Waals surface area contributed by atoms with E-state index in [4.69, 9.17) is 4.74 Å². The molecular weight excluding hydrogens is 491 g/mol. The van der Waals surface area contributed by atoms with Gasteiger partial charge in [0.1, 0.15) is 17.3 Å². The van der Waals surface area contributed by atoms with Gasteiger partial charge < -0.3 is 10.1 Å². The van der Waals surface area contributed by atoms with Gasteiger partial charge in [0.05, 0.1) is 11.9 Å². The Labute approximate surface area is 191 Å². The Kier molecular flexibility index (Phi) is 6.87. The molecule has 0 saturated carbocycles. The van der Waals surface area contributed by atoms with Gasteiger partial charge in [0.25, 0.3) is 0 Å². The minimum Gasteiger partial charge on any atom is -0.444 e. The van der Waals surface area contributed by atoms with Crippen LogP contribution in [0.4, 0.5) is 18.0 Å². The summed E-state index contributed by atoms with van der Waals surface area (Å²) < 4.78 is 46.6. The minimum absolute atomic E-state index is 0.106. The van der Waals surface area contributed by atoms with Crippen LogP contribution in [-0.4, -0.2) is 38.0 Å². The van der Waals surface area contributed by atoms with E-state index in [1.807, 2.05) is 0 Å². The number of nitrogens with one attached hydrogen (secondary N) is 1. The molecule has 3 rings (SSSR count). The molecule has 3 aromatic heterocycles. The molecule has 0 aliphatic carbocycles. The maximum Gasteiger partial charge on any atom is 0.433 e. The van der Waals surface area contributed by atoms with Crippen molar-refractivity contribution in [2.75, 3.05) is 6.54 Å². The molecule has 0 saturated heterocycles. The van der Waals surface area contributed by atoms with Crippen LogP contribution >= 0.6 is 15.9 Å². The second-order valence-electron chi connectivity index (χ2n) is 7.94. The van der Waals surface area contributed by atoms with Crippen molar-refractivity contribution in [1.29, 1.82) is 0 Å². The highest BCUT2D eigenvalue weighted by Crippen LogP contribution is 2.31. The summed E-state index contributed by atoms with van der Waals surface area (Å²) in [6.45, 7) is 5.37. The van der Waals surface area contributed by atoms with Gasteiger partial charge in [-0.2, -0.15) is 18.3 Å². The lowest BCUT2D eigenvalue weighted by molar-refractivity contribution is -0.141. The van der Waals surface area contributed by atoms with Crippen LogP contribution in [0.5, 0.6) is 0 Å². The Morgan fingerprint density at radius 3 is 2.53 bits per heavy atom. The van der Waals surface area contributed by atoms with Gasteiger partial charge in [-0.1, -0.05) is 0 Å². The number of nitrogens with zero attached hydrogens (tertiary/aromatic N) is 4. The molecule has 170 valence electrons. The van der Waals surface area contributed by atoms with Gasteiger partial charge in [0.2, 0.25) is 0 Å². The van der Waals surface area contributed by atoms with Crippen LogP contribution in [0, 0.1) is 0 Å². The number of aromatic nitrogens is 4. The van der Waals surface area contributed by atoms with Crippen LogP contribution in [-0.2, 0) is 10.9 Å². The monoisotopic (exact) mass is 511 g/mol. The van der Waals surface area contributed by atoms with E-state index in [-0.39, 0.29) is 6.54 Å². The number of alkyl halides is 3. The fourth-order valence-electron chi connectivity index (χ4n) is 2.83. The predicted octanol–water partition coefficient (Wildman–Crippen LogP) is 5.24. The number of carbonyl (C=O) groups is 1. The van der Waals surface area contributed by atoms with E-state index in [1.54, 1.807) is 45.3 Å². The molecule has 1 atom stereocenters. The van der Waals surface area contributed by atoms with Crippen molar-refractivity contribution in [2.24, 2.45) is 0 Å². The van der Waals surface area contributed by atoms with Crippen molar-refractivity contribution >= 4 is 22.0 Å². The number of hydrogen-bond acceptors (Lipinski definition) is 5. The number of pyridine rings is 2. The standard InChI is InChI=1S/C21H21BrF3N5O2/c1-20(2,3)32-19(31)28-11-17(16-5-4-15(22)10-27-16)30-12-14(9-29-30)13-6-7-26-18(8-13)21(23,24)25/h4-10,12,17H,11H2,1-3H3,(H,28,31). The fourth-order valence-corrected chi connectivity index (χ4v) is 3.07. The van der Waals surface area contributed by atoms with E-state index in [0.29, 0.717) is 16.8 Å². The quantitative estimate of drug-likeness (QED) is 0.506. The van der Waals surface area contributed by atoms with Gasteiger partial charge in [-0.3, -0.25) is 14.6 Å². The maximum atomic E-state index is 13.0. The number of halogens is 4. The van der Waals surface area contributed by atoms with Gasteiger partial charge in [-0.15, -0.1) is 0 Å². The van der Waals surface area contributed by atoms with Crippen LogP contribution in [0.3, 0.4) is 0 Å². The highest BCUT2D eigenvalue weighted by Gasteiger charge is 2.32. The predicted molar refractivity (Wildman–Crippen MR) is 115 cm³/mol. The zero-order chi connectivity index (χ0) is 23.5. The van der Waals surface area contributed by atoms with Crippen molar-refractivity contribution in [2.45, 2.75) is 38.6 Å². The first-order valence-corrected chi connectivity index (χ1v) is 10.4. The first kappa shape index (κ1) is 23.7. The molecule has 7 nitrogen and oxygen atoms in total. The first-order chi connectivity index (χ1) is 14.9. The molecule has 11 heteroatoms. The molecule has 1 unspecified atom stereocenters. The molecule has 0 fully saturated rings. The lowest BCUT2D eigenvalue weighted by Gasteiger charge is -2.22. The zero-order valence-electron chi connectivity index (χ0n) is 17.5. The molecule has 3 heterocycles. The van der Waals surface area contributed by atoms with Crippen molar-refractivity contribution in [3.05, 3.63) is 64.9 Å². The summed E-state index contributed by atoms with van der Waals surface area (Å²) in [4.78, 5) is 19.9. The van der Waals surface area contributed by atoms with Crippen molar-refractivity contribution in [3.63, 3.8) is 0 Å². The maximum absolute atomic E-state index is 13.0. The van der Waals surface area contributed by atoms with Crippen molar-refractivity contribution in [1.82, 2.24) is 25.1 Å². The summed E-state index contributed by atoms with van der Waals surface area (Å²) in [7, 11) is 0. The molecule has 0 spiro atoms. The van der Waals surface area contributed by atoms with E-state index in [9.17, 15) is 18.0 Å². The summed E-state index contributed by atoms with van der Waals surface area (Å²) >= 11 is 3.33. The summed E-state index contributed by atoms with van der Waals surface area (Å²) in [5.41, 5.74) is -0.255. The van der Waals surface area contributed by atoms with Crippen LogP contribution < -0.4 is 5.32 Å². The van der Waals surface area contributed by atoms with E-state index in [2.05, 4.69) is 36.3 Å². The lowest BCUT2D eigenvalue weighted by atomic mass is 10.1. The zero-order valence-corrected chi connectivity index (χ0v) is 19.1. The number of alkyl carbamates (subject to hydrolysis) is 1. The average molecular weight is 512 g/mol. The first-order valence-electron chi connectivity index (χ1n) is 9.58. The molecule has 0 aliphatic heterocycles. The second kappa shape index (κ2) is 9.27. The summed E-state index contributed by atoms with van der Waals surface area (Å²) in [5, 5.41) is 7.00. The van der Waals surface area contributed by atoms with Crippen LogP contribution in [0.25, 0.3) is 11.1 Å². The van der Waals surface area contributed by atoms with Gasteiger partial charge in [0, 0.05) is 35.2 Å². The Hall–Kier alpha value is -2.95. The topological polar surface area (TPSA) is 81.9 Å². The fraction of sp³-hybridized carbons (Fsp3) is 0.333. The summed E-state index contributed by atoms with van der Waals surface area (Å²) in [6, 6.07) is 5.48. The van der Waals surface area contributed by atoms with Gasteiger partial charge in [-0.25, -0.2) is 4.79 Å². The van der Waals surface area contributed by atoms with E-state index in [1.165, 1.54) is 16.9 Å². The highest BCUT2D eigenvalue weighted by molar-refractivity contribution is 9.10. The SMILES string of the molecule is CC(C)(C)OC(=O)NCC(c1ccc(Br)cn1)n1cc(-c2ccnc(C(F)(F)F)c2)cn1. The third kappa shape index (κ3) is 6.28. The third-order valence-electron chi connectivity index (χ3n) is 4.23. The molecule has 0 aliphatic rings. The smallest absolute Gasteiger partial charge is 0.433 e. The molecule has 0 bridgehead atoms. The third-order valence-corrected chi connectivity index (χ3v) is 4.70. The molecule has 0 aromatic carbocycles. The molecular formula is C21H21BrF3N5O2. The van der Waals surface area contributed by atoms with E-state index < -0.39 is 29.6 Å². The van der Waals surface area contributed by atoms with Gasteiger partial charge in [0.15, 0.2) is 0 Å². The molecule has 0 radical (unpaired) electrons. The summed E-state index contributed by atoms with van der Waals surface area (Å²) in [6.07, 6.45) is 0.616. The molecule has 32 heavy (non-hydrogen) atoms. The number of carbonyl (C=O) groups excluding carboxylic acids is 1. The Morgan fingerprint density at radius 2 is 1.91 bits per heavy atom. The van der Waals surface area contributed by atoms with Crippen LogP contribution in [0.1, 0.15) is 38.2 Å². The van der Waals surface area contributed by atoms with E-state index >= 15 is 0 Å². The second-order valence-corrected chi connectivity index (χ2v) is 8.85. The Balaban J connectivity index is 1.88. The lowest BCUT2D eigenvalue weighted by Crippen LogP contribution is -2.36. The van der Waals surface area contributed by atoms with Crippen LogP contribution in [0.2, 0.25) is 0 Å². The summed E-state index contributed by atoms with van der Waals surface area (Å²) in [5.74, 6) is 0. The number of hydrogen-bond donors (Lipinski definition) is 1. The van der Waals surface area contributed by atoms with E-state index in [0.717, 1.165) is 16.7 Å². The molecule has 1 amide bonds. The number of ether oxygens (including phenoxy) is 1. The van der Waals surface area contributed by atoms with Crippen molar-refractivity contribution < 1.29 is 22.7 Å². The largest absolute Gasteiger partial charge is 0.444 e. The highest BCUT2D eigenvalue weighted by atomic mass is 79.9. The molecule has 1 N–H and O–H groups in total. The van der Waals surface area contributed by atoms with Crippen molar-refractivity contribution in [3.8, 4) is 11.1 Å². The Bertz CT molecular complexity index is 1080. The number of amides is 1. The minimum atomic E-state index is -4.55.